The van der Waals surface area contributed by atoms with Gasteiger partial charge in [0.25, 0.3) is 5.69 Å². The Bertz CT molecular complexity index is 1230. The topological polar surface area (TPSA) is 249 Å². The van der Waals surface area contributed by atoms with Crippen LogP contribution in [0.5, 0.6) is 5.75 Å². The number of rotatable bonds is 34. The average Bonchev–Trinajstić information content (AvgIpc) is 3.18. The minimum atomic E-state index is -0.978. The van der Waals surface area contributed by atoms with Crippen LogP contribution in [-0.4, -0.2) is 147 Å². The molecule has 0 bridgehead atoms. The molecular weight excluding hydrogens is 772 g/mol. The number of nitro benzene ring substituents is 1. The summed E-state index contributed by atoms with van der Waals surface area (Å²) in [5.41, 5.74) is 1.94. The molecule has 0 fully saturated rings. The quantitative estimate of drug-likeness (QED) is 0.0131. The number of hydroxylamine groups is 1. The van der Waals surface area contributed by atoms with E-state index >= 15 is 0 Å². The zero-order chi connectivity index (χ0) is 40.7. The maximum Gasteiger partial charge on any atom is 0.513 e. The van der Waals surface area contributed by atoms with Gasteiger partial charge in [-0.15, -0.1) is 11.6 Å². The molecule has 0 aliphatic carbocycles. The molecule has 21 nitrogen and oxygen atoms in total. The van der Waals surface area contributed by atoms with E-state index in [1.54, 1.807) is 0 Å². The summed E-state index contributed by atoms with van der Waals surface area (Å²) in [6.07, 6.45) is 4.12. The molecule has 1 aromatic carbocycles. The zero-order valence-electron chi connectivity index (χ0n) is 31.3. The summed E-state index contributed by atoms with van der Waals surface area (Å²) in [6, 6.07) is 4.95. The number of unbranched alkanes of at least 4 members (excludes halogenated alkanes) is 3. The van der Waals surface area contributed by atoms with Crippen molar-refractivity contribution in [2.75, 3.05) is 118 Å². The second kappa shape index (κ2) is 36.1. The fourth-order valence-corrected chi connectivity index (χ4v) is 3.90. The van der Waals surface area contributed by atoms with Crippen LogP contribution in [0.25, 0.3) is 0 Å². The van der Waals surface area contributed by atoms with E-state index in [1.807, 2.05) is 0 Å². The monoisotopic (exact) mass is 824 g/mol. The average molecular weight is 825 g/mol. The van der Waals surface area contributed by atoms with E-state index in [0.717, 1.165) is 25.7 Å². The molecule has 0 radical (unpaired) electrons. The number of hydrogen-bond acceptors (Lipinski definition) is 17. The van der Waals surface area contributed by atoms with E-state index < -0.39 is 29.4 Å². The summed E-state index contributed by atoms with van der Waals surface area (Å²) in [6.45, 7) is 3.26. The summed E-state index contributed by atoms with van der Waals surface area (Å²) in [7, 11) is 0. The Hall–Kier alpha value is -4.51. The Morgan fingerprint density at radius 3 is 1.70 bits per heavy atom. The lowest BCUT2D eigenvalue weighted by atomic mass is 10.2. The highest BCUT2D eigenvalue weighted by atomic mass is 35.5. The van der Waals surface area contributed by atoms with Crippen molar-refractivity contribution in [3.63, 3.8) is 0 Å². The van der Waals surface area contributed by atoms with Gasteiger partial charge in [0.2, 0.25) is 0 Å². The number of nitrogens with one attached hydrogen (secondary N) is 3. The summed E-state index contributed by atoms with van der Waals surface area (Å²) >= 11 is 5.63. The highest BCUT2D eigenvalue weighted by molar-refractivity contribution is 6.17. The molecule has 0 heterocycles. The van der Waals surface area contributed by atoms with Gasteiger partial charge in [-0.05, 0) is 37.1 Å². The van der Waals surface area contributed by atoms with Gasteiger partial charge in [-0.3, -0.25) is 15.0 Å². The number of non-ortho nitro benzene ring substituents is 1. The van der Waals surface area contributed by atoms with E-state index in [-0.39, 0.29) is 90.7 Å². The Morgan fingerprint density at radius 2 is 1.09 bits per heavy atom. The lowest BCUT2D eigenvalue weighted by Crippen LogP contribution is -2.29. The number of alkyl halides is 1. The van der Waals surface area contributed by atoms with Gasteiger partial charge < -0.3 is 58.0 Å². The van der Waals surface area contributed by atoms with E-state index in [9.17, 15) is 29.3 Å². The molecule has 0 atom stereocenters. The number of ether oxygens (including phenoxy) is 10. The van der Waals surface area contributed by atoms with Crippen molar-refractivity contribution in [1.82, 2.24) is 16.1 Å². The van der Waals surface area contributed by atoms with Crippen LogP contribution in [-0.2, 0) is 47.5 Å². The van der Waals surface area contributed by atoms with Gasteiger partial charge in [-0.25, -0.2) is 19.2 Å². The molecule has 1 aromatic rings. The van der Waals surface area contributed by atoms with Crippen LogP contribution in [0.1, 0.15) is 25.7 Å². The number of alkyl carbamates (subject to hydrolysis) is 2. The van der Waals surface area contributed by atoms with E-state index in [2.05, 4.69) is 16.1 Å². The smallest absolute Gasteiger partial charge is 0.447 e. The van der Waals surface area contributed by atoms with Crippen LogP contribution in [0.4, 0.5) is 24.9 Å². The molecule has 56 heavy (non-hydrogen) atoms. The van der Waals surface area contributed by atoms with Gasteiger partial charge in [0.1, 0.15) is 32.2 Å². The number of nitrogens with zero attached hydrogens (tertiary/aromatic N) is 1. The fraction of sp³-hybridized carbons (Fsp3) is 0.647. The number of amides is 3. The third-order valence-electron chi connectivity index (χ3n) is 6.38. The van der Waals surface area contributed by atoms with Crippen LogP contribution in [0.3, 0.4) is 0 Å². The highest BCUT2D eigenvalue weighted by Gasteiger charge is 2.09. The predicted octanol–water partition coefficient (Wildman–Crippen LogP) is 3.66. The first kappa shape index (κ1) is 49.5. The van der Waals surface area contributed by atoms with Crippen molar-refractivity contribution >= 4 is 41.7 Å². The van der Waals surface area contributed by atoms with Crippen LogP contribution >= 0.6 is 11.6 Å². The first-order valence-electron chi connectivity index (χ1n) is 17.9. The molecular formula is C34H53ClN4O17. The first-order chi connectivity index (χ1) is 27.3. The fourth-order valence-electron chi connectivity index (χ4n) is 3.71. The molecule has 3 N–H and O–H groups in total. The van der Waals surface area contributed by atoms with Crippen LogP contribution in [0, 0.1) is 10.1 Å². The van der Waals surface area contributed by atoms with Crippen molar-refractivity contribution in [3.05, 3.63) is 46.5 Å². The number of nitro groups is 1. The lowest BCUT2D eigenvalue weighted by Gasteiger charge is -2.09. The minimum Gasteiger partial charge on any atom is -0.447 e. The van der Waals surface area contributed by atoms with Crippen LogP contribution in [0.15, 0.2) is 36.4 Å². The van der Waals surface area contributed by atoms with Gasteiger partial charge in [0, 0.05) is 37.7 Å². The molecule has 3 amide bonds. The molecule has 0 unspecified atom stereocenters. The van der Waals surface area contributed by atoms with E-state index in [0.29, 0.717) is 38.9 Å². The number of benzene rings is 1. The van der Waals surface area contributed by atoms with Gasteiger partial charge in [-0.1, -0.05) is 12.8 Å². The maximum atomic E-state index is 11.7. The van der Waals surface area contributed by atoms with Gasteiger partial charge >= 0.3 is 24.4 Å². The maximum absolute atomic E-state index is 11.7. The first-order valence-corrected chi connectivity index (χ1v) is 18.4. The Morgan fingerprint density at radius 1 is 0.589 bits per heavy atom. The lowest BCUT2D eigenvalue weighted by molar-refractivity contribution is -0.384. The molecule has 0 aromatic heterocycles. The summed E-state index contributed by atoms with van der Waals surface area (Å²) in [5, 5.41) is 15.7. The van der Waals surface area contributed by atoms with Crippen molar-refractivity contribution in [3.8, 4) is 5.75 Å². The molecule has 22 heteroatoms. The minimum absolute atomic E-state index is 0.0271. The molecule has 0 saturated heterocycles. The van der Waals surface area contributed by atoms with Crippen molar-refractivity contribution < 1.29 is 76.3 Å². The zero-order valence-corrected chi connectivity index (χ0v) is 32.0. The summed E-state index contributed by atoms with van der Waals surface area (Å²) < 4.78 is 51.2. The third-order valence-corrected chi connectivity index (χ3v) is 6.65. The van der Waals surface area contributed by atoms with Crippen LogP contribution < -0.4 is 20.9 Å². The van der Waals surface area contributed by atoms with Crippen molar-refractivity contribution in [1.29, 1.82) is 0 Å². The summed E-state index contributed by atoms with van der Waals surface area (Å²) in [5.74, 6) is 0.795. The van der Waals surface area contributed by atoms with Gasteiger partial charge in [0.15, 0.2) is 0 Å². The molecule has 0 aliphatic rings. The number of hydrogen-bond donors (Lipinski definition) is 3. The van der Waals surface area contributed by atoms with Gasteiger partial charge in [-0.2, -0.15) is 5.48 Å². The third kappa shape index (κ3) is 31.8. The second-order valence-electron chi connectivity index (χ2n) is 10.7. The number of carbonyl (C=O) groups excluding carboxylic acids is 4. The SMILES string of the molecule is O=C(NCCOCCOCCOC(=O)Oc1ccc([N+](=O)[O-])cc1)OC/C=C/COC(=O)NOCCOCCOC(=O)NCCOCCOCCCCCCCl. The van der Waals surface area contributed by atoms with E-state index in [1.165, 1.54) is 36.4 Å². The second-order valence-corrected chi connectivity index (χ2v) is 11.1. The van der Waals surface area contributed by atoms with E-state index in [4.69, 9.17) is 63.8 Å². The molecule has 318 valence electrons. The molecule has 1 rings (SSSR count). The predicted molar refractivity (Wildman–Crippen MR) is 197 cm³/mol. The van der Waals surface area contributed by atoms with Crippen molar-refractivity contribution in [2.24, 2.45) is 0 Å². The standard InChI is InChI=1S/C34H53ClN4O17/c35-11-3-1-2-4-14-46-19-20-47-18-13-37-32(41)53-26-23-50-25-28-55-38-33(42)52-16-6-5-15-51-31(40)36-12-17-48-21-22-49-24-27-54-34(43)56-30-9-7-29(8-10-30)39(44)45/h5-10H,1-4,11-28H2,(H,36,40)(H,37,41)(H,38,42)/b6-5+. The molecule has 0 spiro atoms. The number of halogens is 1. The molecule has 0 saturated carbocycles. The van der Waals surface area contributed by atoms with Gasteiger partial charge in [0.05, 0.1) is 71.0 Å². The Labute approximate surface area is 329 Å². The number of carbonyl (C=O) groups is 4. The highest BCUT2D eigenvalue weighted by Crippen LogP contribution is 2.17. The summed E-state index contributed by atoms with van der Waals surface area (Å²) in [4.78, 5) is 61.6. The normalized spacial score (nSPS) is 10.8. The largest absolute Gasteiger partial charge is 0.513 e. The Kier molecular flexibility index (Phi) is 32.0. The van der Waals surface area contributed by atoms with Crippen molar-refractivity contribution in [2.45, 2.75) is 25.7 Å². The van der Waals surface area contributed by atoms with Crippen LogP contribution in [0.2, 0.25) is 0 Å². The molecule has 0 aliphatic heterocycles. The Balaban J connectivity index is 1.82.